The second-order valence-corrected chi connectivity index (χ2v) is 7.03. The van der Waals surface area contributed by atoms with Crippen molar-refractivity contribution in [3.63, 3.8) is 0 Å². The Labute approximate surface area is 153 Å². The molecule has 0 spiro atoms. The molecule has 22 heavy (non-hydrogen) atoms. The lowest BCUT2D eigenvalue weighted by molar-refractivity contribution is -0.131. The van der Waals surface area contributed by atoms with Crippen LogP contribution in [-0.2, 0) is 11.4 Å². The maximum atomic E-state index is 10.6. The third kappa shape index (κ3) is 4.97. The maximum Gasteiger partial charge on any atom is 0.328 e. The SMILES string of the molecule is O=C(O)C=Cc1cc(Br)c(OCc2cccc(Br)c2)c(Br)c1. The van der Waals surface area contributed by atoms with Crippen LogP contribution in [0, 0.1) is 0 Å². The quantitative estimate of drug-likeness (QED) is 0.551. The first-order valence-electron chi connectivity index (χ1n) is 6.23. The first-order valence-corrected chi connectivity index (χ1v) is 8.61. The summed E-state index contributed by atoms with van der Waals surface area (Å²) in [6.45, 7) is 0.431. The van der Waals surface area contributed by atoms with Crippen molar-refractivity contribution < 1.29 is 14.6 Å². The summed E-state index contributed by atoms with van der Waals surface area (Å²) < 4.78 is 8.34. The summed E-state index contributed by atoms with van der Waals surface area (Å²) >= 11 is 10.3. The fourth-order valence-electron chi connectivity index (χ4n) is 1.76. The van der Waals surface area contributed by atoms with E-state index in [4.69, 9.17) is 9.84 Å². The van der Waals surface area contributed by atoms with E-state index in [1.165, 1.54) is 6.08 Å². The predicted octanol–water partition coefficient (Wildman–Crippen LogP) is 5.65. The van der Waals surface area contributed by atoms with Gasteiger partial charge in [0.25, 0.3) is 0 Å². The van der Waals surface area contributed by atoms with Crippen LogP contribution in [0.3, 0.4) is 0 Å². The molecule has 2 aromatic rings. The number of hydrogen-bond acceptors (Lipinski definition) is 2. The van der Waals surface area contributed by atoms with Crippen LogP contribution in [-0.4, -0.2) is 11.1 Å². The van der Waals surface area contributed by atoms with Crippen LogP contribution in [0.4, 0.5) is 0 Å². The summed E-state index contributed by atoms with van der Waals surface area (Å²) in [5.41, 5.74) is 1.80. The molecular formula is C16H11Br3O3. The van der Waals surface area contributed by atoms with Gasteiger partial charge < -0.3 is 9.84 Å². The lowest BCUT2D eigenvalue weighted by atomic mass is 10.2. The molecule has 1 N–H and O–H groups in total. The number of halogens is 3. The Morgan fingerprint density at radius 2 is 1.82 bits per heavy atom. The highest BCUT2D eigenvalue weighted by Gasteiger charge is 2.09. The number of carbonyl (C=O) groups is 1. The van der Waals surface area contributed by atoms with Crippen LogP contribution in [0.15, 0.2) is 55.9 Å². The third-order valence-electron chi connectivity index (χ3n) is 2.71. The van der Waals surface area contributed by atoms with E-state index in [-0.39, 0.29) is 0 Å². The van der Waals surface area contributed by atoms with Crippen LogP contribution in [0.2, 0.25) is 0 Å². The molecule has 2 aromatic carbocycles. The van der Waals surface area contributed by atoms with Crippen molar-refractivity contribution in [3.8, 4) is 5.75 Å². The van der Waals surface area contributed by atoms with Crippen molar-refractivity contribution in [1.29, 1.82) is 0 Å². The molecule has 2 rings (SSSR count). The number of aliphatic carboxylic acids is 1. The Kier molecular flexibility index (Phi) is 6.23. The van der Waals surface area contributed by atoms with Crippen LogP contribution in [0.5, 0.6) is 5.75 Å². The van der Waals surface area contributed by atoms with E-state index in [1.54, 1.807) is 12.1 Å². The summed E-state index contributed by atoms with van der Waals surface area (Å²) in [6.07, 6.45) is 2.62. The summed E-state index contributed by atoms with van der Waals surface area (Å²) in [5, 5.41) is 8.66. The normalized spacial score (nSPS) is 10.9. The van der Waals surface area contributed by atoms with Crippen molar-refractivity contribution in [2.24, 2.45) is 0 Å². The molecule has 114 valence electrons. The standard InChI is InChI=1S/C16H11Br3O3/c17-12-3-1-2-11(6-12)9-22-16-13(18)7-10(8-14(16)19)4-5-15(20)21/h1-8H,9H2,(H,20,21). The van der Waals surface area contributed by atoms with Gasteiger partial charge in [-0.25, -0.2) is 4.79 Å². The van der Waals surface area contributed by atoms with Gasteiger partial charge in [-0.1, -0.05) is 28.1 Å². The average molecular weight is 491 g/mol. The molecule has 0 unspecified atom stereocenters. The van der Waals surface area contributed by atoms with Gasteiger partial charge in [-0.15, -0.1) is 0 Å². The topological polar surface area (TPSA) is 46.5 Å². The monoisotopic (exact) mass is 488 g/mol. The van der Waals surface area contributed by atoms with Crippen molar-refractivity contribution in [2.45, 2.75) is 6.61 Å². The van der Waals surface area contributed by atoms with Gasteiger partial charge in [0, 0.05) is 10.5 Å². The van der Waals surface area contributed by atoms with Gasteiger partial charge in [0.2, 0.25) is 0 Å². The minimum atomic E-state index is -0.984. The second-order valence-electron chi connectivity index (χ2n) is 4.40. The number of carboxylic acid groups (broad SMARTS) is 1. The molecule has 0 radical (unpaired) electrons. The number of benzene rings is 2. The molecule has 0 bridgehead atoms. The number of hydrogen-bond donors (Lipinski definition) is 1. The first kappa shape index (κ1) is 17.2. The number of carboxylic acids is 1. The van der Waals surface area contributed by atoms with Crippen molar-refractivity contribution in [1.82, 2.24) is 0 Å². The molecule has 0 aliphatic carbocycles. The molecular weight excluding hydrogens is 480 g/mol. The van der Waals surface area contributed by atoms with Crippen LogP contribution < -0.4 is 4.74 Å². The number of rotatable bonds is 5. The summed E-state index contributed by atoms with van der Waals surface area (Å²) in [7, 11) is 0. The summed E-state index contributed by atoms with van der Waals surface area (Å²) in [5.74, 6) is -0.310. The molecule has 3 nitrogen and oxygen atoms in total. The smallest absolute Gasteiger partial charge is 0.328 e. The van der Waals surface area contributed by atoms with E-state index in [1.807, 2.05) is 24.3 Å². The Morgan fingerprint density at radius 1 is 1.14 bits per heavy atom. The molecule has 0 aliphatic heterocycles. The van der Waals surface area contributed by atoms with Gasteiger partial charge in [0.15, 0.2) is 0 Å². The zero-order chi connectivity index (χ0) is 16.1. The minimum absolute atomic E-state index is 0.431. The Hall–Kier alpha value is -1.11. The van der Waals surface area contributed by atoms with Gasteiger partial charge >= 0.3 is 5.97 Å². The van der Waals surface area contributed by atoms with Crippen LogP contribution in [0.1, 0.15) is 11.1 Å². The van der Waals surface area contributed by atoms with E-state index in [9.17, 15) is 4.79 Å². The van der Waals surface area contributed by atoms with Crippen LogP contribution in [0.25, 0.3) is 6.08 Å². The van der Waals surface area contributed by atoms with Gasteiger partial charge in [0.1, 0.15) is 12.4 Å². The van der Waals surface area contributed by atoms with Gasteiger partial charge in [-0.2, -0.15) is 0 Å². The Balaban J connectivity index is 2.16. The molecule has 0 aliphatic rings. The Bertz CT molecular complexity index is 703. The van der Waals surface area contributed by atoms with Gasteiger partial charge in [-0.3, -0.25) is 0 Å². The lowest BCUT2D eigenvalue weighted by Gasteiger charge is -2.11. The molecule has 6 heteroatoms. The zero-order valence-electron chi connectivity index (χ0n) is 11.2. The van der Waals surface area contributed by atoms with E-state index in [0.717, 1.165) is 30.6 Å². The largest absolute Gasteiger partial charge is 0.487 e. The molecule has 0 saturated carbocycles. The minimum Gasteiger partial charge on any atom is -0.487 e. The molecule has 0 fully saturated rings. The van der Waals surface area contributed by atoms with Gasteiger partial charge in [-0.05, 0) is 73.3 Å². The highest BCUT2D eigenvalue weighted by Crippen LogP contribution is 2.35. The molecule has 0 atom stereocenters. The second kappa shape index (κ2) is 7.94. The number of ether oxygens (including phenoxy) is 1. The Morgan fingerprint density at radius 3 is 2.41 bits per heavy atom. The highest BCUT2D eigenvalue weighted by molar-refractivity contribution is 9.11. The molecule has 0 aromatic heterocycles. The van der Waals surface area contributed by atoms with E-state index >= 15 is 0 Å². The average Bonchev–Trinajstić information content (AvgIpc) is 2.44. The van der Waals surface area contributed by atoms with Crippen molar-refractivity contribution in [2.75, 3.05) is 0 Å². The lowest BCUT2D eigenvalue weighted by Crippen LogP contribution is -1.97. The molecule has 0 amide bonds. The van der Waals surface area contributed by atoms with Crippen molar-refractivity contribution in [3.05, 3.63) is 67.0 Å². The van der Waals surface area contributed by atoms with Gasteiger partial charge in [0.05, 0.1) is 8.95 Å². The van der Waals surface area contributed by atoms with E-state index in [0.29, 0.717) is 12.4 Å². The summed E-state index contributed by atoms with van der Waals surface area (Å²) in [4.78, 5) is 10.6. The van der Waals surface area contributed by atoms with E-state index < -0.39 is 5.97 Å². The zero-order valence-corrected chi connectivity index (χ0v) is 16.0. The molecule has 0 saturated heterocycles. The predicted molar refractivity (Wildman–Crippen MR) is 97.0 cm³/mol. The summed E-state index contributed by atoms with van der Waals surface area (Å²) in [6, 6.07) is 11.5. The highest BCUT2D eigenvalue weighted by atomic mass is 79.9. The molecule has 0 heterocycles. The fraction of sp³-hybridized carbons (Fsp3) is 0.0625. The maximum absolute atomic E-state index is 10.6. The van der Waals surface area contributed by atoms with Crippen LogP contribution >= 0.6 is 47.8 Å². The van der Waals surface area contributed by atoms with Crippen molar-refractivity contribution >= 4 is 59.8 Å². The fourth-order valence-corrected chi connectivity index (χ4v) is 3.66. The van der Waals surface area contributed by atoms with E-state index in [2.05, 4.69) is 47.8 Å². The third-order valence-corrected chi connectivity index (χ3v) is 4.38. The first-order chi connectivity index (χ1) is 10.5.